The van der Waals surface area contributed by atoms with E-state index in [2.05, 4.69) is 11.6 Å². The van der Waals surface area contributed by atoms with Crippen molar-refractivity contribution in [2.75, 3.05) is 41.4 Å². The number of amides is 3. The van der Waals surface area contributed by atoms with Crippen LogP contribution in [0.4, 0.5) is 34.8 Å². The normalized spacial score (nSPS) is 20.4. The zero-order chi connectivity index (χ0) is 32.2. The predicted octanol–water partition coefficient (Wildman–Crippen LogP) is 5.06. The number of anilines is 3. The molecule has 0 bridgehead atoms. The monoisotopic (exact) mass is 621 g/mol. The van der Waals surface area contributed by atoms with Gasteiger partial charge in [0.2, 0.25) is 17.7 Å². The molecule has 0 aliphatic carbocycles. The topological polar surface area (TPSA) is 77.1 Å². The molecule has 3 aromatic rings. The lowest BCUT2D eigenvalue weighted by Gasteiger charge is -2.40. The molecule has 4 heterocycles. The van der Waals surface area contributed by atoms with E-state index in [0.29, 0.717) is 13.1 Å². The number of likely N-dealkylation sites (tertiary alicyclic amines) is 1. The van der Waals surface area contributed by atoms with Gasteiger partial charge in [0, 0.05) is 57.2 Å². The molecule has 6 rings (SSSR count). The minimum absolute atomic E-state index is 0.0556. The summed E-state index contributed by atoms with van der Waals surface area (Å²) in [5.41, 5.74) is 1.45. The first-order valence-corrected chi connectivity index (χ1v) is 14.5. The van der Waals surface area contributed by atoms with E-state index in [1.807, 2.05) is 24.3 Å². The van der Waals surface area contributed by atoms with Gasteiger partial charge < -0.3 is 14.7 Å². The molecule has 0 spiro atoms. The number of aromatic nitrogens is 1. The fourth-order valence-electron chi connectivity index (χ4n) is 6.57. The summed E-state index contributed by atoms with van der Waals surface area (Å²) in [4.78, 5) is 49.4. The minimum atomic E-state index is -4.67. The van der Waals surface area contributed by atoms with Crippen molar-refractivity contribution in [3.05, 3.63) is 95.5 Å². The van der Waals surface area contributed by atoms with Gasteiger partial charge in [0.15, 0.2) is 0 Å². The Morgan fingerprint density at radius 1 is 1.07 bits per heavy atom. The van der Waals surface area contributed by atoms with Gasteiger partial charge in [-0.15, -0.1) is 0 Å². The van der Waals surface area contributed by atoms with Gasteiger partial charge in [-0.25, -0.2) is 9.37 Å². The first kappa shape index (κ1) is 30.3. The third kappa shape index (κ3) is 5.53. The number of aryl methyl sites for hydroxylation is 1. The minimum Gasteiger partial charge on any atom is -0.363 e. The molecule has 3 aliphatic heterocycles. The van der Waals surface area contributed by atoms with Crippen molar-refractivity contribution in [3.63, 3.8) is 0 Å². The van der Waals surface area contributed by atoms with Gasteiger partial charge >= 0.3 is 6.18 Å². The summed E-state index contributed by atoms with van der Waals surface area (Å²) < 4.78 is 56.7. The molecule has 2 fully saturated rings. The van der Waals surface area contributed by atoms with Crippen LogP contribution in [0.5, 0.6) is 0 Å². The number of para-hydroxylation sites is 1. The Balaban J connectivity index is 1.36. The number of hydrogen-bond acceptors (Lipinski definition) is 5. The van der Waals surface area contributed by atoms with Crippen LogP contribution in [0.1, 0.15) is 34.7 Å². The summed E-state index contributed by atoms with van der Waals surface area (Å²) >= 11 is 0. The highest BCUT2D eigenvalue weighted by atomic mass is 19.4. The molecule has 1 aromatic heterocycles. The van der Waals surface area contributed by atoms with Crippen LogP contribution in [0.25, 0.3) is 0 Å². The van der Waals surface area contributed by atoms with Crippen LogP contribution in [-0.4, -0.2) is 60.3 Å². The van der Waals surface area contributed by atoms with Crippen molar-refractivity contribution in [3.8, 4) is 0 Å². The second-order valence-electron chi connectivity index (χ2n) is 11.8. The first-order valence-electron chi connectivity index (χ1n) is 14.5. The number of benzene rings is 2. The van der Waals surface area contributed by atoms with Crippen LogP contribution in [0.15, 0.2) is 67.3 Å². The Morgan fingerprint density at radius 3 is 2.51 bits per heavy atom. The van der Waals surface area contributed by atoms with Crippen molar-refractivity contribution in [2.24, 2.45) is 5.92 Å². The number of carbonyl (C=O) groups is 3. The number of nitrogens with zero attached hydrogens (tertiary/aromatic N) is 5. The first-order chi connectivity index (χ1) is 21.3. The molecule has 0 N–H and O–H groups in total. The number of rotatable bonds is 5. The fraction of sp³-hybridized carbons (Fsp3) is 0.333. The van der Waals surface area contributed by atoms with Crippen molar-refractivity contribution >= 4 is 34.9 Å². The lowest BCUT2D eigenvalue weighted by atomic mass is 9.90. The predicted molar refractivity (Wildman–Crippen MR) is 160 cm³/mol. The molecule has 8 nitrogen and oxygen atoms in total. The van der Waals surface area contributed by atoms with Crippen LogP contribution in [-0.2, 0) is 27.1 Å². The third-order valence-electron chi connectivity index (χ3n) is 8.79. The molecule has 3 amide bonds. The van der Waals surface area contributed by atoms with Crippen molar-refractivity contribution in [1.29, 1.82) is 0 Å². The Bertz CT molecular complexity index is 1700. The Morgan fingerprint density at radius 2 is 1.80 bits per heavy atom. The smallest absolute Gasteiger partial charge is 0.363 e. The summed E-state index contributed by atoms with van der Waals surface area (Å²) in [7, 11) is 1.47. The number of likely N-dealkylation sites (N-methyl/N-ethyl adjacent to an activating group) is 1. The van der Waals surface area contributed by atoms with Gasteiger partial charge in [-0.05, 0) is 48.4 Å². The molecule has 0 saturated carbocycles. The molecular formula is C33H31F4N5O3. The molecule has 45 heavy (non-hydrogen) atoms. The zero-order valence-electron chi connectivity index (χ0n) is 24.7. The van der Waals surface area contributed by atoms with Gasteiger partial charge in [-0.3, -0.25) is 19.3 Å². The summed E-state index contributed by atoms with van der Waals surface area (Å²) in [6, 6.07) is 12.7. The number of halogens is 4. The molecular weight excluding hydrogens is 590 g/mol. The van der Waals surface area contributed by atoms with Gasteiger partial charge in [0.25, 0.3) is 0 Å². The maximum Gasteiger partial charge on any atom is 0.416 e. The molecule has 12 heteroatoms. The highest BCUT2D eigenvalue weighted by Crippen LogP contribution is 2.42. The number of carbonyl (C=O) groups excluding carboxylic acids is 3. The van der Waals surface area contributed by atoms with E-state index in [1.54, 1.807) is 15.9 Å². The molecule has 2 aromatic carbocycles. The van der Waals surface area contributed by atoms with Gasteiger partial charge in [0.1, 0.15) is 17.7 Å². The second-order valence-corrected chi connectivity index (χ2v) is 11.8. The standard InChI is InChI=1S/C33H31F4N5O3/c1-4-28(43)40-17-23(18-40)21-8-5-7-20(12-21)15-41-16-22-13-29(44)42(27-14-24(33(35,36)37)11-19(2)38-27)30(22)32(45)39(3)26-10-6-9-25(34)31(26)41/h4-12,14,22-23,30H,1,13,15-18H2,2-3H3/t22-,30+/m1/s1. The quantitative estimate of drug-likeness (QED) is 0.294. The van der Waals surface area contributed by atoms with Crippen LogP contribution in [0.3, 0.4) is 0 Å². The third-order valence-corrected chi connectivity index (χ3v) is 8.79. The SMILES string of the molecule is C=CC(=O)N1CC(c2cccc(CN3C[C@H]4CC(=O)N(c5cc(C(F)(F)F)cc(C)n5)[C@@H]4C(=O)N(C)c4cccc(F)c43)c2)C1. The molecule has 3 aliphatic rings. The maximum atomic E-state index is 15.6. The molecule has 0 radical (unpaired) electrons. The molecule has 2 atom stereocenters. The van der Waals surface area contributed by atoms with Crippen molar-refractivity contribution in [1.82, 2.24) is 9.88 Å². The number of hydrogen-bond donors (Lipinski definition) is 0. The lowest BCUT2D eigenvalue weighted by Crippen LogP contribution is -2.52. The lowest BCUT2D eigenvalue weighted by molar-refractivity contribution is -0.137. The summed E-state index contributed by atoms with van der Waals surface area (Å²) in [5, 5.41) is 0. The summed E-state index contributed by atoms with van der Waals surface area (Å²) in [5.74, 6) is -2.51. The molecule has 234 valence electrons. The number of alkyl halides is 3. The van der Waals surface area contributed by atoms with E-state index in [-0.39, 0.29) is 54.2 Å². The van der Waals surface area contributed by atoms with E-state index < -0.39 is 41.3 Å². The highest BCUT2D eigenvalue weighted by molar-refractivity contribution is 6.10. The van der Waals surface area contributed by atoms with Crippen LogP contribution < -0.4 is 14.7 Å². The van der Waals surface area contributed by atoms with Crippen molar-refractivity contribution in [2.45, 2.75) is 38.0 Å². The van der Waals surface area contributed by atoms with Gasteiger partial charge in [-0.2, -0.15) is 13.2 Å². The van der Waals surface area contributed by atoms with E-state index in [1.165, 1.54) is 37.1 Å². The van der Waals surface area contributed by atoms with Gasteiger partial charge in [-0.1, -0.05) is 36.9 Å². The summed E-state index contributed by atoms with van der Waals surface area (Å²) in [6.45, 7) is 6.39. The number of fused-ring (bicyclic) bond motifs is 2. The Kier molecular flexibility index (Phi) is 7.62. The average molecular weight is 622 g/mol. The number of pyridine rings is 1. The van der Waals surface area contributed by atoms with Crippen LogP contribution in [0, 0.1) is 18.7 Å². The van der Waals surface area contributed by atoms with Crippen molar-refractivity contribution < 1.29 is 31.9 Å². The largest absolute Gasteiger partial charge is 0.416 e. The maximum absolute atomic E-state index is 15.6. The van der Waals surface area contributed by atoms with E-state index in [0.717, 1.165) is 28.2 Å². The second kappa shape index (κ2) is 11.3. The van der Waals surface area contributed by atoms with E-state index in [4.69, 9.17) is 0 Å². The fourth-order valence-corrected chi connectivity index (χ4v) is 6.57. The summed E-state index contributed by atoms with van der Waals surface area (Å²) in [6.07, 6.45) is -3.52. The Labute approximate surface area is 257 Å². The van der Waals surface area contributed by atoms with E-state index >= 15 is 4.39 Å². The Hall–Kier alpha value is -4.74. The van der Waals surface area contributed by atoms with Gasteiger partial charge in [0.05, 0.1) is 16.9 Å². The molecule has 2 saturated heterocycles. The zero-order valence-corrected chi connectivity index (χ0v) is 24.7. The van der Waals surface area contributed by atoms with Crippen LogP contribution in [0.2, 0.25) is 0 Å². The average Bonchev–Trinajstić information content (AvgIpc) is 3.29. The van der Waals surface area contributed by atoms with Crippen LogP contribution >= 0.6 is 0 Å². The molecule has 0 unspecified atom stereocenters. The highest BCUT2D eigenvalue weighted by Gasteiger charge is 2.49. The van der Waals surface area contributed by atoms with E-state index in [9.17, 15) is 27.6 Å².